The molecule has 0 aromatic heterocycles. The van der Waals surface area contributed by atoms with Crippen LogP contribution in [0.2, 0.25) is 0 Å². The lowest BCUT2D eigenvalue weighted by Gasteiger charge is -2.28. The van der Waals surface area contributed by atoms with Crippen molar-refractivity contribution in [3.63, 3.8) is 0 Å². The van der Waals surface area contributed by atoms with Gasteiger partial charge < -0.3 is 15.5 Å². The fourth-order valence-electron chi connectivity index (χ4n) is 5.27. The predicted octanol–water partition coefficient (Wildman–Crippen LogP) is 4.21. The van der Waals surface area contributed by atoms with Gasteiger partial charge >= 0.3 is 0 Å². The Labute approximate surface area is 329 Å². The van der Waals surface area contributed by atoms with E-state index in [4.69, 9.17) is 9.68 Å². The third-order valence-corrected chi connectivity index (χ3v) is 9.27. The second-order valence-electron chi connectivity index (χ2n) is 16.2. The second-order valence-corrected chi connectivity index (χ2v) is 17.2. The number of carbonyl (C=O) groups is 6. The minimum Gasteiger partial charge on any atom is -0.344 e. The zero-order valence-electron chi connectivity index (χ0n) is 33.6. The van der Waals surface area contributed by atoms with Crippen LogP contribution in [0.25, 0.3) is 0 Å². The van der Waals surface area contributed by atoms with Crippen LogP contribution in [0.3, 0.4) is 0 Å². The standard InChI is InChI=1S/C41H57N5O8S/c1-25(2)32(44-53-40(5,6)7)37(50)42-29(21-27-17-13-11-14-18-27)34(47)36(49)31-23-46(24-55-31)39(52)35(48)30(22-28-19-15-12-16-20-28)43-38(51)33(26(3)4)45-54-41(8,9)10/h11-20,23,25-26,29-30,32-33,44-45H,21-22,24H2,1-10H3,(H,42,50)(H,43,51)/t29-,30-,32-,33-/m0/s1. The monoisotopic (exact) mass is 779 g/mol. The van der Waals surface area contributed by atoms with Gasteiger partial charge in [-0.05, 0) is 64.5 Å². The molecule has 4 N–H and O–H groups in total. The van der Waals surface area contributed by atoms with Crippen LogP contribution in [-0.2, 0) is 51.3 Å². The highest BCUT2D eigenvalue weighted by Gasteiger charge is 2.38. The molecule has 1 aliphatic heterocycles. The van der Waals surface area contributed by atoms with Gasteiger partial charge in [0, 0.05) is 19.0 Å². The van der Waals surface area contributed by atoms with E-state index in [9.17, 15) is 28.8 Å². The fraction of sp³-hybridized carbons (Fsp3) is 0.512. The molecule has 2 aromatic carbocycles. The van der Waals surface area contributed by atoms with Crippen LogP contribution in [0, 0.1) is 11.8 Å². The molecule has 13 nitrogen and oxygen atoms in total. The Morgan fingerprint density at radius 1 is 0.655 bits per heavy atom. The summed E-state index contributed by atoms with van der Waals surface area (Å²) < 4.78 is 0. The minimum absolute atomic E-state index is 0.0327. The van der Waals surface area contributed by atoms with E-state index >= 15 is 0 Å². The van der Waals surface area contributed by atoms with E-state index in [-0.39, 0.29) is 35.5 Å². The summed E-state index contributed by atoms with van der Waals surface area (Å²) in [5, 5.41) is 5.50. The number of thioether (sulfide) groups is 1. The molecular weight excluding hydrogens is 723 g/mol. The number of hydroxylamine groups is 2. The number of Topliss-reactive ketones (excluding diaryl/α,β-unsaturated/α-hetero) is 3. The van der Waals surface area contributed by atoms with E-state index in [0.29, 0.717) is 5.56 Å². The first-order valence-corrected chi connectivity index (χ1v) is 19.5. The molecule has 0 unspecified atom stereocenters. The summed E-state index contributed by atoms with van der Waals surface area (Å²) in [4.78, 5) is 94.5. The van der Waals surface area contributed by atoms with Crippen molar-refractivity contribution in [2.75, 3.05) is 5.88 Å². The van der Waals surface area contributed by atoms with Crippen LogP contribution in [0.5, 0.6) is 0 Å². The molecule has 2 aromatic rings. The molecule has 0 aliphatic carbocycles. The summed E-state index contributed by atoms with van der Waals surface area (Å²) >= 11 is 0.929. The predicted molar refractivity (Wildman–Crippen MR) is 212 cm³/mol. The van der Waals surface area contributed by atoms with Crippen molar-refractivity contribution >= 4 is 46.8 Å². The van der Waals surface area contributed by atoms with Crippen LogP contribution in [0.15, 0.2) is 71.8 Å². The molecule has 14 heteroatoms. The van der Waals surface area contributed by atoms with Gasteiger partial charge in [0.05, 0.1) is 28.0 Å². The zero-order chi connectivity index (χ0) is 41.1. The number of rotatable bonds is 19. The number of hydrogen-bond donors (Lipinski definition) is 4. The summed E-state index contributed by atoms with van der Waals surface area (Å²) in [6.07, 6.45) is 1.25. The van der Waals surface area contributed by atoms with Gasteiger partial charge in [-0.2, -0.15) is 11.0 Å². The summed E-state index contributed by atoms with van der Waals surface area (Å²) in [6.45, 7) is 18.3. The van der Waals surface area contributed by atoms with E-state index in [1.54, 1.807) is 48.5 Å². The van der Waals surface area contributed by atoms with Gasteiger partial charge in [-0.25, -0.2) is 0 Å². The van der Waals surface area contributed by atoms with Gasteiger partial charge in [0.25, 0.3) is 5.91 Å². The Morgan fingerprint density at radius 3 is 1.44 bits per heavy atom. The molecular formula is C41H57N5O8S. The number of amides is 3. The van der Waals surface area contributed by atoms with Gasteiger partial charge in [-0.3, -0.25) is 38.4 Å². The van der Waals surface area contributed by atoms with Crippen molar-refractivity contribution in [3.8, 4) is 0 Å². The first-order chi connectivity index (χ1) is 25.7. The Kier molecular flexibility index (Phi) is 16.5. The van der Waals surface area contributed by atoms with Crippen LogP contribution in [-0.4, -0.2) is 81.2 Å². The first-order valence-electron chi connectivity index (χ1n) is 18.5. The summed E-state index contributed by atoms with van der Waals surface area (Å²) in [7, 11) is 0. The van der Waals surface area contributed by atoms with E-state index in [2.05, 4.69) is 21.6 Å². The normalized spacial score (nSPS) is 15.6. The molecule has 0 saturated carbocycles. The quantitative estimate of drug-likeness (QED) is 0.119. The average molecular weight is 780 g/mol. The number of allylic oxidation sites excluding steroid dienone is 1. The lowest BCUT2D eigenvalue weighted by molar-refractivity contribution is -0.145. The van der Waals surface area contributed by atoms with Crippen LogP contribution in [0.4, 0.5) is 0 Å². The highest BCUT2D eigenvalue weighted by Crippen LogP contribution is 2.28. The minimum atomic E-state index is -1.24. The Balaban J connectivity index is 1.83. The molecule has 1 aliphatic rings. The van der Waals surface area contributed by atoms with Gasteiger partial charge in [-0.1, -0.05) is 100 Å². The van der Waals surface area contributed by atoms with Crippen molar-refractivity contribution in [2.24, 2.45) is 11.8 Å². The van der Waals surface area contributed by atoms with Crippen molar-refractivity contribution in [3.05, 3.63) is 82.9 Å². The van der Waals surface area contributed by atoms with E-state index in [1.807, 2.05) is 81.4 Å². The first kappa shape index (κ1) is 45.2. The molecule has 300 valence electrons. The largest absolute Gasteiger partial charge is 0.344 e. The number of benzene rings is 2. The number of carbonyl (C=O) groups excluding carboxylic acids is 6. The summed E-state index contributed by atoms with van der Waals surface area (Å²) in [5.41, 5.74) is 5.85. The topological polar surface area (TPSA) is 172 Å². The van der Waals surface area contributed by atoms with Gasteiger partial charge in [-0.15, -0.1) is 0 Å². The molecule has 55 heavy (non-hydrogen) atoms. The molecule has 3 rings (SSSR count). The Morgan fingerprint density at radius 2 is 1.05 bits per heavy atom. The van der Waals surface area contributed by atoms with Crippen molar-refractivity contribution in [1.29, 1.82) is 0 Å². The molecule has 0 spiro atoms. The molecule has 4 atom stereocenters. The third kappa shape index (κ3) is 14.4. The van der Waals surface area contributed by atoms with Crippen LogP contribution < -0.4 is 21.6 Å². The third-order valence-electron chi connectivity index (χ3n) is 8.27. The van der Waals surface area contributed by atoms with Crippen molar-refractivity contribution < 1.29 is 38.4 Å². The average Bonchev–Trinajstić information content (AvgIpc) is 3.60. The van der Waals surface area contributed by atoms with Crippen LogP contribution in [0.1, 0.15) is 80.4 Å². The number of nitrogens with one attached hydrogen (secondary N) is 4. The molecule has 0 fully saturated rings. The van der Waals surface area contributed by atoms with Crippen LogP contribution >= 0.6 is 11.8 Å². The highest BCUT2D eigenvalue weighted by atomic mass is 32.2. The Bertz CT molecular complexity index is 1690. The Hall–Kier alpha value is -4.21. The molecule has 0 radical (unpaired) electrons. The maximum Gasteiger partial charge on any atom is 0.296 e. The zero-order valence-corrected chi connectivity index (χ0v) is 34.4. The molecule has 0 saturated heterocycles. The lowest BCUT2D eigenvalue weighted by atomic mass is 9.98. The maximum atomic E-state index is 13.9. The molecule has 0 bridgehead atoms. The van der Waals surface area contributed by atoms with Gasteiger partial charge in [0.15, 0.2) is 0 Å². The van der Waals surface area contributed by atoms with Crippen molar-refractivity contribution in [2.45, 2.75) is 117 Å². The van der Waals surface area contributed by atoms with E-state index in [1.165, 1.54) is 6.20 Å². The summed E-state index contributed by atoms with van der Waals surface area (Å²) in [5.74, 6) is -5.26. The maximum absolute atomic E-state index is 13.9. The fourth-order valence-corrected chi connectivity index (χ4v) is 6.18. The van der Waals surface area contributed by atoms with Gasteiger partial charge in [0.2, 0.25) is 29.2 Å². The highest BCUT2D eigenvalue weighted by molar-refractivity contribution is 8.04. The molecule has 1 heterocycles. The van der Waals surface area contributed by atoms with E-state index < -0.39 is 70.4 Å². The second kappa shape index (κ2) is 20.1. The lowest BCUT2D eigenvalue weighted by Crippen LogP contribution is -2.55. The van der Waals surface area contributed by atoms with E-state index in [0.717, 1.165) is 22.2 Å². The van der Waals surface area contributed by atoms with Crippen molar-refractivity contribution in [1.82, 2.24) is 26.5 Å². The van der Waals surface area contributed by atoms with Gasteiger partial charge in [0.1, 0.15) is 18.1 Å². The number of ketones is 3. The SMILES string of the molecule is CC(C)[C@H](NOC(C)(C)C)C(=O)N[C@@H](Cc1ccccc1)C(=O)C(=O)C1=CN(C(=O)C(=O)[C@H](Cc2ccccc2)NC(=O)[C@@H](NOC(C)(C)C)C(C)C)CS1. The smallest absolute Gasteiger partial charge is 0.296 e. The molecule has 3 amide bonds. The summed E-state index contributed by atoms with van der Waals surface area (Å²) in [6, 6.07) is 13.8. The number of nitrogens with zero attached hydrogens (tertiary/aromatic N) is 1. The number of hydrogen-bond acceptors (Lipinski definition) is 11.